The lowest BCUT2D eigenvalue weighted by molar-refractivity contribution is -0.236. The van der Waals surface area contributed by atoms with Gasteiger partial charge in [-0.1, -0.05) is 114 Å². The minimum atomic E-state index is -1.92. The maximum Gasteiger partial charge on any atom is 0.338 e. The van der Waals surface area contributed by atoms with E-state index < -0.39 is 41.4 Å². The van der Waals surface area contributed by atoms with Crippen LogP contribution in [0.4, 0.5) is 10.3 Å². The molecule has 2 aromatic heterocycles. The highest BCUT2D eigenvalue weighted by atomic mass is 127. The van der Waals surface area contributed by atoms with Crippen molar-refractivity contribution in [2.45, 2.75) is 29.8 Å². The van der Waals surface area contributed by atoms with Gasteiger partial charge >= 0.3 is 5.97 Å². The first-order valence-corrected chi connectivity index (χ1v) is 17.6. The Labute approximate surface area is 305 Å². The monoisotopic (exact) mass is 801 g/mol. The van der Waals surface area contributed by atoms with Crippen LogP contribution < -0.4 is 15.6 Å². The van der Waals surface area contributed by atoms with Crippen LogP contribution in [0.2, 0.25) is 0 Å². The van der Waals surface area contributed by atoms with Crippen molar-refractivity contribution in [3.63, 3.8) is 0 Å². The normalized spacial score (nSPS) is 20.3. The van der Waals surface area contributed by atoms with E-state index in [9.17, 15) is 9.59 Å². The number of rotatable bonds is 11. The number of benzene rings is 4. The predicted octanol–water partition coefficient (Wildman–Crippen LogP) is 6.40. The van der Waals surface area contributed by atoms with Crippen LogP contribution in [0.25, 0.3) is 11.2 Å². The van der Waals surface area contributed by atoms with Crippen LogP contribution in [-0.2, 0) is 19.7 Å². The SMILES string of the molecule is COc1ccc(C(Nc2nc3c(ncn3[C@@H]3O[C@@](CI)(OC)[C@@H](OC(=O)c4ccccc4)[C@H]3F)c(=O)[nH]2)(c2ccccc2)c2ccccc2)cc1. The second-order valence-corrected chi connectivity index (χ2v) is 12.6. The summed E-state index contributed by atoms with van der Waals surface area (Å²) in [6.07, 6.45) is -3.49. The van der Waals surface area contributed by atoms with Crippen LogP contribution in [0.15, 0.2) is 126 Å². The molecule has 0 spiro atoms. The average molecular weight is 802 g/mol. The molecule has 0 saturated carbocycles. The number of hydrogen-bond donors (Lipinski definition) is 2. The molecule has 11 nitrogen and oxygen atoms in total. The molecule has 7 rings (SSSR count). The number of nitrogens with one attached hydrogen (secondary N) is 2. The largest absolute Gasteiger partial charge is 0.497 e. The van der Waals surface area contributed by atoms with E-state index in [2.05, 4.69) is 15.3 Å². The third kappa shape index (κ3) is 6.15. The molecule has 0 bridgehead atoms. The lowest BCUT2D eigenvalue weighted by Crippen LogP contribution is -2.48. The van der Waals surface area contributed by atoms with E-state index in [1.165, 1.54) is 18.0 Å². The molecule has 6 aromatic rings. The fourth-order valence-corrected chi connectivity index (χ4v) is 7.39. The molecular weight excluding hydrogens is 768 g/mol. The first-order valence-electron chi connectivity index (χ1n) is 16.0. The summed E-state index contributed by atoms with van der Waals surface area (Å²) in [6.45, 7) is 0. The van der Waals surface area contributed by atoms with Crippen LogP contribution in [0.1, 0.15) is 33.3 Å². The number of carbonyl (C=O) groups is 1. The van der Waals surface area contributed by atoms with Gasteiger partial charge in [0.15, 0.2) is 29.7 Å². The zero-order valence-corrected chi connectivity index (χ0v) is 29.7. The Morgan fingerprint density at radius 2 is 1.53 bits per heavy atom. The fraction of sp³-hybridized carbons (Fsp3) is 0.211. The first-order chi connectivity index (χ1) is 24.8. The molecule has 13 heteroatoms. The summed E-state index contributed by atoms with van der Waals surface area (Å²) in [5.41, 5.74) is 1.18. The van der Waals surface area contributed by atoms with E-state index in [4.69, 9.17) is 23.9 Å². The molecule has 4 aromatic carbocycles. The summed E-state index contributed by atoms with van der Waals surface area (Å²) in [4.78, 5) is 38.7. The molecule has 0 amide bonds. The van der Waals surface area contributed by atoms with E-state index in [1.54, 1.807) is 37.4 Å². The highest BCUT2D eigenvalue weighted by molar-refractivity contribution is 14.1. The number of hydrogen-bond acceptors (Lipinski definition) is 9. The van der Waals surface area contributed by atoms with E-state index in [0.717, 1.165) is 16.7 Å². The second kappa shape index (κ2) is 14.2. The molecule has 51 heavy (non-hydrogen) atoms. The summed E-state index contributed by atoms with van der Waals surface area (Å²) >= 11 is 2.00. The van der Waals surface area contributed by atoms with Gasteiger partial charge in [0.05, 0.1) is 23.4 Å². The minimum absolute atomic E-state index is 0.0342. The van der Waals surface area contributed by atoms with E-state index in [0.29, 0.717) is 5.75 Å². The Hall–Kier alpha value is -5.12. The molecule has 2 N–H and O–H groups in total. The van der Waals surface area contributed by atoms with Gasteiger partial charge in [-0.3, -0.25) is 14.3 Å². The molecule has 0 unspecified atom stereocenters. The second-order valence-electron chi connectivity index (χ2n) is 11.9. The molecule has 0 aliphatic carbocycles. The van der Waals surface area contributed by atoms with Gasteiger partial charge in [-0.15, -0.1) is 0 Å². The molecule has 1 aliphatic rings. The van der Waals surface area contributed by atoms with Gasteiger partial charge in [-0.05, 0) is 41.0 Å². The van der Waals surface area contributed by atoms with Gasteiger partial charge in [0, 0.05) is 7.11 Å². The van der Waals surface area contributed by atoms with Crippen LogP contribution >= 0.6 is 22.6 Å². The molecule has 4 atom stereocenters. The van der Waals surface area contributed by atoms with Gasteiger partial charge in [-0.25, -0.2) is 14.2 Å². The highest BCUT2D eigenvalue weighted by Gasteiger charge is 2.59. The fourth-order valence-electron chi connectivity index (χ4n) is 6.46. The van der Waals surface area contributed by atoms with E-state index in [-0.39, 0.29) is 27.1 Å². The van der Waals surface area contributed by atoms with Crippen molar-refractivity contribution in [3.05, 3.63) is 154 Å². The van der Waals surface area contributed by atoms with Gasteiger partial charge in [0.2, 0.25) is 11.7 Å². The number of aromatic nitrogens is 4. The quantitative estimate of drug-likeness (QED) is 0.0662. The van der Waals surface area contributed by atoms with Crippen LogP contribution in [0.5, 0.6) is 5.75 Å². The third-order valence-corrected chi connectivity index (χ3v) is 10.1. The number of aromatic amines is 1. The summed E-state index contributed by atoms with van der Waals surface area (Å²) in [5.74, 6) is -1.61. The van der Waals surface area contributed by atoms with Crippen molar-refractivity contribution in [1.29, 1.82) is 0 Å². The number of alkyl halides is 2. The van der Waals surface area contributed by atoms with Gasteiger partial charge in [0.1, 0.15) is 11.3 Å². The molecule has 1 saturated heterocycles. The number of carbonyl (C=O) groups excluding carboxylic acids is 1. The zero-order valence-electron chi connectivity index (χ0n) is 27.5. The standard InChI is InChI=1S/C38H33FIN5O6/c1-48-28-20-18-27(19-21-28)38(25-14-8-4-9-15-25,26-16-10-5-11-17-26)44-36-42-32-30(33(46)43-36)41-23-45(32)34-29(39)31(37(22-40,49-2)51-34)50-35(47)24-12-6-3-7-13-24/h3-21,23,29,31,34H,22H2,1-2H3,(H2,42,43,44,46)/t29-,31+,34-,37-/m1/s1. The smallest absolute Gasteiger partial charge is 0.338 e. The van der Waals surface area contributed by atoms with Crippen molar-refractivity contribution in [2.75, 3.05) is 24.0 Å². The van der Waals surface area contributed by atoms with Crippen LogP contribution in [0.3, 0.4) is 0 Å². The molecule has 1 aliphatic heterocycles. The van der Waals surface area contributed by atoms with Gasteiger partial charge < -0.3 is 24.3 Å². The van der Waals surface area contributed by atoms with E-state index >= 15 is 4.39 Å². The number of halogens is 2. The lowest BCUT2D eigenvalue weighted by Gasteiger charge is -2.37. The number of ether oxygens (including phenoxy) is 4. The molecule has 3 heterocycles. The van der Waals surface area contributed by atoms with Gasteiger partial charge in [0.25, 0.3) is 5.56 Å². The Morgan fingerprint density at radius 1 is 0.941 bits per heavy atom. The highest BCUT2D eigenvalue weighted by Crippen LogP contribution is 2.44. The van der Waals surface area contributed by atoms with Crippen LogP contribution in [0, 0.1) is 0 Å². The Balaban J connectivity index is 1.33. The third-order valence-electron chi connectivity index (χ3n) is 9.04. The summed E-state index contributed by atoms with van der Waals surface area (Å²) in [6, 6.07) is 35.4. The summed E-state index contributed by atoms with van der Waals surface area (Å²) in [7, 11) is 2.96. The van der Waals surface area contributed by atoms with Crippen molar-refractivity contribution >= 4 is 45.7 Å². The summed E-state index contributed by atoms with van der Waals surface area (Å²) in [5, 5.41) is 3.54. The number of esters is 1. The number of fused-ring (bicyclic) bond motifs is 1. The minimum Gasteiger partial charge on any atom is -0.497 e. The Morgan fingerprint density at radius 3 is 2.10 bits per heavy atom. The zero-order chi connectivity index (χ0) is 35.6. The molecule has 260 valence electrons. The molecule has 0 radical (unpaired) electrons. The van der Waals surface area contributed by atoms with Crippen molar-refractivity contribution in [2.24, 2.45) is 0 Å². The number of nitrogens with zero attached hydrogens (tertiary/aromatic N) is 3. The molecular formula is C38H33FIN5O6. The topological polar surface area (TPSA) is 130 Å². The van der Waals surface area contributed by atoms with Crippen molar-refractivity contribution < 1.29 is 28.1 Å². The number of methoxy groups -OCH3 is 2. The van der Waals surface area contributed by atoms with Crippen molar-refractivity contribution in [3.8, 4) is 5.75 Å². The summed E-state index contributed by atoms with van der Waals surface area (Å²) < 4.78 is 41.2. The number of H-pyrrole nitrogens is 1. The Kier molecular flexibility index (Phi) is 9.59. The predicted molar refractivity (Wildman–Crippen MR) is 197 cm³/mol. The van der Waals surface area contributed by atoms with Crippen molar-refractivity contribution in [1.82, 2.24) is 19.5 Å². The van der Waals surface area contributed by atoms with E-state index in [1.807, 2.05) is 108 Å². The number of imidazole rings is 1. The average Bonchev–Trinajstić information content (AvgIpc) is 3.73. The maximum absolute atomic E-state index is 16.6. The van der Waals surface area contributed by atoms with Crippen LogP contribution in [-0.4, -0.2) is 62.2 Å². The molecule has 1 fully saturated rings. The van der Waals surface area contributed by atoms with Gasteiger partial charge in [-0.2, -0.15) is 4.98 Å². The Bertz CT molecular complexity index is 2140. The first kappa shape index (κ1) is 34.3. The maximum atomic E-state index is 16.6. The lowest BCUT2D eigenvalue weighted by atomic mass is 9.77. The number of anilines is 1.